The molecule has 2 nitrogen and oxygen atoms in total. The molecular weight excluding hydrogens is 212 g/mol. The number of benzene rings is 1. The van der Waals surface area contributed by atoms with Crippen molar-refractivity contribution < 1.29 is 11.6 Å². The van der Waals surface area contributed by atoms with Crippen LogP contribution >= 0.6 is 11.6 Å². The maximum Gasteiger partial charge on any atom is 2.00 e. The molecule has 0 aliphatic heterocycles. The van der Waals surface area contributed by atoms with Crippen LogP contribution in [0.2, 0.25) is 5.02 Å². The second kappa shape index (κ2) is 5.51. The maximum atomic E-state index is 10.4. The Labute approximate surface area is 105 Å². The van der Waals surface area contributed by atoms with Gasteiger partial charge in [0.05, 0.1) is 4.90 Å². The summed E-state index contributed by atoms with van der Waals surface area (Å²) in [6.07, 6.45) is 0. The number of rotatable bonds is 1. The van der Waals surface area contributed by atoms with Gasteiger partial charge in [0.15, 0.2) is 11.1 Å². The molecule has 11 heavy (non-hydrogen) atoms. The molecule has 0 radical (unpaired) electrons. The van der Waals surface area contributed by atoms with Gasteiger partial charge < -0.3 is 7.41 Å². The van der Waals surface area contributed by atoms with Crippen LogP contribution in [0.4, 0.5) is 0 Å². The molecule has 0 aliphatic rings. The van der Waals surface area contributed by atoms with E-state index in [0.717, 1.165) is 0 Å². The van der Waals surface area contributed by atoms with E-state index in [2.05, 4.69) is 0 Å². The van der Waals surface area contributed by atoms with Crippen molar-refractivity contribution in [2.24, 2.45) is 0 Å². The van der Waals surface area contributed by atoms with Gasteiger partial charge in [0.1, 0.15) is 0 Å². The monoisotopic (exact) mass is 218 g/mol. The Morgan fingerprint density at radius 1 is 1.36 bits per heavy atom. The van der Waals surface area contributed by atoms with Crippen molar-refractivity contribution in [2.75, 3.05) is 0 Å². The molecule has 58 valence electrons. The van der Waals surface area contributed by atoms with Crippen LogP contribution in [-0.4, -0.2) is 46.5 Å². The van der Waals surface area contributed by atoms with Crippen LogP contribution in [0.5, 0.6) is 0 Å². The molecule has 0 aliphatic carbocycles. The van der Waals surface area contributed by atoms with Crippen LogP contribution in [0.1, 0.15) is 2.85 Å². The molecule has 0 fully saturated rings. The molecule has 5 heteroatoms. The summed E-state index contributed by atoms with van der Waals surface area (Å²) in [5.41, 5.74) is 0. The SMILES string of the molecule is O=S(O)c1ccc(Cl)cc1.[Ca+2].[H-].[H-]. The molecule has 0 heterocycles. The fourth-order valence-electron chi connectivity index (χ4n) is 0.551. The summed E-state index contributed by atoms with van der Waals surface area (Å²) < 4.78 is 18.9. The van der Waals surface area contributed by atoms with E-state index < -0.39 is 11.1 Å². The fourth-order valence-corrected chi connectivity index (χ4v) is 1.05. The van der Waals surface area contributed by atoms with E-state index in [1.54, 1.807) is 12.1 Å². The Morgan fingerprint density at radius 3 is 2.18 bits per heavy atom. The van der Waals surface area contributed by atoms with Gasteiger partial charge in [-0.15, -0.1) is 0 Å². The zero-order valence-corrected chi connectivity index (χ0v) is 9.44. The van der Waals surface area contributed by atoms with E-state index in [1.807, 2.05) is 0 Å². The van der Waals surface area contributed by atoms with Crippen LogP contribution < -0.4 is 0 Å². The van der Waals surface area contributed by atoms with E-state index in [0.29, 0.717) is 9.92 Å². The van der Waals surface area contributed by atoms with Crippen molar-refractivity contribution in [1.82, 2.24) is 0 Å². The molecule has 0 aromatic heterocycles. The summed E-state index contributed by atoms with van der Waals surface area (Å²) in [4.78, 5) is 0.365. The third-order valence-corrected chi connectivity index (χ3v) is 1.94. The van der Waals surface area contributed by atoms with Gasteiger partial charge >= 0.3 is 37.7 Å². The van der Waals surface area contributed by atoms with Crippen LogP contribution in [0, 0.1) is 0 Å². The molecule has 1 atom stereocenters. The molecule has 0 spiro atoms. The Balaban J connectivity index is -0.000000333. The Morgan fingerprint density at radius 2 is 1.82 bits per heavy atom. The number of halogens is 1. The zero-order valence-electron chi connectivity index (χ0n) is 7.66. The molecule has 0 saturated heterocycles. The van der Waals surface area contributed by atoms with Crippen LogP contribution in [0.15, 0.2) is 29.2 Å². The Bertz CT molecular complexity index is 257. The third kappa shape index (κ3) is 3.87. The van der Waals surface area contributed by atoms with E-state index >= 15 is 0 Å². The quantitative estimate of drug-likeness (QED) is 0.576. The standard InChI is InChI=1S/C6H5ClO2S.Ca.2H/c7-5-1-3-6(4-2-5)10(8)9;;;/h1-4H,(H,8,9);;;/q;+2;2*-1. The summed E-state index contributed by atoms with van der Waals surface area (Å²) in [5, 5.41) is 0.564. The summed E-state index contributed by atoms with van der Waals surface area (Å²) in [5.74, 6) is 0. The molecule has 0 bridgehead atoms. The molecule has 0 amide bonds. The first kappa shape index (κ1) is 11.9. The van der Waals surface area contributed by atoms with Gasteiger partial charge in [-0.1, -0.05) is 11.6 Å². The predicted octanol–water partition coefficient (Wildman–Crippen LogP) is 1.76. The predicted molar refractivity (Wildman–Crippen MR) is 48.5 cm³/mol. The molecule has 1 N–H and O–H groups in total. The van der Waals surface area contributed by atoms with Crippen molar-refractivity contribution in [2.45, 2.75) is 4.90 Å². The average Bonchev–Trinajstić information content (AvgIpc) is 1.88. The zero-order chi connectivity index (χ0) is 7.56. The van der Waals surface area contributed by atoms with E-state index in [1.165, 1.54) is 12.1 Å². The average molecular weight is 219 g/mol. The third-order valence-electron chi connectivity index (χ3n) is 1.02. The normalized spacial score (nSPS) is 11.8. The van der Waals surface area contributed by atoms with E-state index in [-0.39, 0.29) is 40.6 Å². The molecule has 1 aromatic rings. The Hall–Kier alpha value is 0.880. The summed E-state index contributed by atoms with van der Waals surface area (Å²) in [6.45, 7) is 0. The second-order valence-electron chi connectivity index (χ2n) is 1.70. The van der Waals surface area contributed by atoms with Gasteiger partial charge in [0, 0.05) is 5.02 Å². The molecule has 0 saturated carbocycles. The Kier molecular flexibility index (Phi) is 5.95. The van der Waals surface area contributed by atoms with Gasteiger partial charge in [-0.3, -0.25) is 0 Å². The first-order valence-corrected chi connectivity index (χ1v) is 4.05. The van der Waals surface area contributed by atoms with Gasteiger partial charge in [0.2, 0.25) is 0 Å². The van der Waals surface area contributed by atoms with Gasteiger partial charge in [-0.25, -0.2) is 4.21 Å². The minimum Gasteiger partial charge on any atom is -1.00 e. The number of hydrogen-bond donors (Lipinski definition) is 1. The van der Waals surface area contributed by atoms with Crippen molar-refractivity contribution in [3.05, 3.63) is 29.3 Å². The minimum atomic E-state index is -1.90. The summed E-state index contributed by atoms with van der Waals surface area (Å²) >= 11 is 3.64. The first-order chi connectivity index (χ1) is 4.70. The van der Waals surface area contributed by atoms with Gasteiger partial charge in [0.25, 0.3) is 0 Å². The van der Waals surface area contributed by atoms with Crippen LogP contribution in [0.3, 0.4) is 0 Å². The minimum absolute atomic E-state index is 0. The number of hydrogen-bond acceptors (Lipinski definition) is 1. The smallest absolute Gasteiger partial charge is 1.00 e. The van der Waals surface area contributed by atoms with Crippen molar-refractivity contribution in [3.8, 4) is 0 Å². The van der Waals surface area contributed by atoms with E-state index in [9.17, 15) is 4.21 Å². The largest absolute Gasteiger partial charge is 2.00 e. The van der Waals surface area contributed by atoms with Crippen molar-refractivity contribution >= 4 is 60.4 Å². The molecule has 1 unspecified atom stereocenters. The summed E-state index contributed by atoms with van der Waals surface area (Å²) in [7, 11) is 0. The molecular formula is C6H7CaClO2S. The van der Waals surface area contributed by atoms with E-state index in [4.69, 9.17) is 16.2 Å². The van der Waals surface area contributed by atoms with Crippen LogP contribution in [-0.2, 0) is 11.1 Å². The maximum absolute atomic E-state index is 10.4. The summed E-state index contributed by atoms with van der Waals surface area (Å²) in [6, 6.07) is 6.17. The van der Waals surface area contributed by atoms with Crippen LogP contribution in [0.25, 0.3) is 0 Å². The van der Waals surface area contributed by atoms with Crippen molar-refractivity contribution in [3.63, 3.8) is 0 Å². The first-order valence-electron chi connectivity index (χ1n) is 2.56. The molecule has 1 aromatic carbocycles. The van der Waals surface area contributed by atoms with Gasteiger partial charge in [-0.05, 0) is 24.3 Å². The topological polar surface area (TPSA) is 37.3 Å². The second-order valence-corrected chi connectivity index (χ2v) is 3.11. The molecule has 1 rings (SSSR count). The van der Waals surface area contributed by atoms with Crippen molar-refractivity contribution in [1.29, 1.82) is 0 Å². The van der Waals surface area contributed by atoms with Gasteiger partial charge in [-0.2, -0.15) is 0 Å². The fraction of sp³-hybridized carbons (Fsp3) is 0.